The van der Waals surface area contributed by atoms with E-state index < -0.39 is 0 Å². The average Bonchev–Trinajstić information content (AvgIpc) is 3.69. The van der Waals surface area contributed by atoms with Gasteiger partial charge >= 0.3 is 6.03 Å². The number of aliphatic imine (C=N–C) groups is 1. The van der Waals surface area contributed by atoms with Crippen molar-refractivity contribution in [2.45, 2.75) is 76.7 Å². The van der Waals surface area contributed by atoms with Crippen LogP contribution in [0.3, 0.4) is 0 Å². The first-order chi connectivity index (χ1) is 24.5. The van der Waals surface area contributed by atoms with Crippen LogP contribution in [0.4, 0.5) is 22.0 Å². The minimum atomic E-state index is -0.386. The van der Waals surface area contributed by atoms with Crippen LogP contribution < -0.4 is 16.0 Å². The number of pyridine rings is 1. The summed E-state index contributed by atoms with van der Waals surface area (Å²) in [6.45, 7) is 3.36. The molecule has 2 fully saturated rings. The maximum atomic E-state index is 13.1. The molecule has 1 aliphatic carbocycles. The molecule has 5 heterocycles. The maximum Gasteiger partial charge on any atom is 0.324 e. The summed E-state index contributed by atoms with van der Waals surface area (Å²) < 4.78 is 1.88. The molecule has 0 radical (unpaired) electrons. The first-order valence-electron chi connectivity index (χ1n) is 17.9. The van der Waals surface area contributed by atoms with Crippen LogP contribution in [0.2, 0.25) is 0 Å². The van der Waals surface area contributed by atoms with Gasteiger partial charge in [0.1, 0.15) is 5.82 Å². The van der Waals surface area contributed by atoms with Crippen molar-refractivity contribution in [2.75, 3.05) is 36.1 Å². The zero-order valence-electron chi connectivity index (χ0n) is 28.5. The van der Waals surface area contributed by atoms with Gasteiger partial charge in [-0.25, -0.2) is 9.78 Å². The summed E-state index contributed by atoms with van der Waals surface area (Å²) in [6, 6.07) is 18.0. The SMILES string of the molecule is CN(Cc1ccnc(NC(=O)Nc2cccc3c2[C@@H]2CCCCN2C3=O)c1)Cc1cn(CCN=C2c3ccccc3NC3CCCCC23)nn1. The summed E-state index contributed by atoms with van der Waals surface area (Å²) in [5, 5.41) is 18.4. The summed E-state index contributed by atoms with van der Waals surface area (Å²) >= 11 is 0. The van der Waals surface area contributed by atoms with Crippen LogP contribution in [-0.4, -0.2) is 73.6 Å². The highest BCUT2D eigenvalue weighted by atomic mass is 16.2. The van der Waals surface area contributed by atoms with Crippen molar-refractivity contribution in [1.29, 1.82) is 0 Å². The van der Waals surface area contributed by atoms with Crippen LogP contribution in [0.15, 0.2) is 72.0 Å². The summed E-state index contributed by atoms with van der Waals surface area (Å²) in [5.41, 5.74) is 7.85. The van der Waals surface area contributed by atoms with Crippen molar-refractivity contribution >= 4 is 34.8 Å². The van der Waals surface area contributed by atoms with E-state index in [9.17, 15) is 9.59 Å². The number of rotatable bonds is 9. The number of fused-ring (bicyclic) bond motifs is 5. The molecule has 12 heteroatoms. The highest BCUT2D eigenvalue weighted by molar-refractivity contribution is 6.09. The number of anilines is 3. The minimum absolute atomic E-state index is 0.0252. The fourth-order valence-electron chi connectivity index (χ4n) is 8.26. The molecule has 12 nitrogen and oxygen atoms in total. The lowest BCUT2D eigenvalue weighted by Crippen LogP contribution is -2.42. The van der Waals surface area contributed by atoms with Crippen molar-refractivity contribution < 1.29 is 9.59 Å². The van der Waals surface area contributed by atoms with E-state index in [1.165, 1.54) is 42.6 Å². The molecule has 50 heavy (non-hydrogen) atoms. The molecular weight excluding hydrogens is 628 g/mol. The Morgan fingerprint density at radius 1 is 1.00 bits per heavy atom. The first kappa shape index (κ1) is 32.1. The van der Waals surface area contributed by atoms with Crippen molar-refractivity contribution in [2.24, 2.45) is 10.9 Å². The number of piperidine rings is 1. The lowest BCUT2D eigenvalue weighted by Gasteiger charge is -2.39. The zero-order chi connectivity index (χ0) is 34.0. The highest BCUT2D eigenvalue weighted by Crippen LogP contribution is 2.43. The number of amides is 3. The lowest BCUT2D eigenvalue weighted by molar-refractivity contribution is 0.0672. The molecule has 1 saturated carbocycles. The monoisotopic (exact) mass is 672 g/mol. The molecule has 3 aliphatic heterocycles. The van der Waals surface area contributed by atoms with Gasteiger partial charge in [-0.15, -0.1) is 5.10 Å². The number of nitrogens with zero attached hydrogens (tertiary/aromatic N) is 7. The first-order valence-corrected chi connectivity index (χ1v) is 17.9. The molecule has 2 unspecified atom stereocenters. The van der Waals surface area contributed by atoms with E-state index in [0.717, 1.165) is 42.6 Å². The Hall–Kier alpha value is -5.10. The Balaban J connectivity index is 0.853. The fraction of sp³-hybridized carbons (Fsp3) is 0.421. The van der Waals surface area contributed by atoms with E-state index in [2.05, 4.69) is 60.4 Å². The van der Waals surface area contributed by atoms with Crippen molar-refractivity contribution in [3.63, 3.8) is 0 Å². The third kappa shape index (κ3) is 6.59. The minimum Gasteiger partial charge on any atom is -0.381 e. The van der Waals surface area contributed by atoms with Gasteiger partial charge in [0.15, 0.2) is 0 Å². The summed E-state index contributed by atoms with van der Waals surface area (Å²) in [7, 11) is 2.03. The summed E-state index contributed by atoms with van der Waals surface area (Å²) in [6.07, 6.45) is 11.6. The van der Waals surface area contributed by atoms with Gasteiger partial charge in [-0.1, -0.05) is 42.3 Å². The van der Waals surface area contributed by atoms with E-state index in [1.807, 2.05) is 53.2 Å². The Bertz CT molecular complexity index is 1920. The molecule has 0 bridgehead atoms. The molecule has 3 N–H and O–H groups in total. The quantitative estimate of drug-likeness (QED) is 0.196. The number of hydrogen-bond donors (Lipinski definition) is 3. The van der Waals surface area contributed by atoms with Gasteiger partial charge in [-0.3, -0.25) is 24.7 Å². The molecule has 3 amide bonds. The number of aromatic nitrogens is 4. The number of carbonyl (C=O) groups excluding carboxylic acids is 2. The lowest BCUT2D eigenvalue weighted by atomic mass is 9.76. The topological polar surface area (TPSA) is 133 Å². The molecule has 1 saturated heterocycles. The Morgan fingerprint density at radius 2 is 1.86 bits per heavy atom. The number of nitrogens with one attached hydrogen (secondary N) is 3. The summed E-state index contributed by atoms with van der Waals surface area (Å²) in [4.78, 5) is 39.6. The molecule has 0 spiro atoms. The van der Waals surface area contributed by atoms with Crippen molar-refractivity contribution in [1.82, 2.24) is 29.8 Å². The van der Waals surface area contributed by atoms with Crippen LogP contribution in [0.1, 0.15) is 83.7 Å². The predicted octanol–water partition coefficient (Wildman–Crippen LogP) is 6.10. The van der Waals surface area contributed by atoms with Gasteiger partial charge in [0.2, 0.25) is 0 Å². The van der Waals surface area contributed by atoms with Crippen molar-refractivity contribution in [3.8, 4) is 0 Å². The Kier molecular flexibility index (Phi) is 9.01. The van der Waals surface area contributed by atoms with Gasteiger partial charge in [0.05, 0.1) is 24.8 Å². The van der Waals surface area contributed by atoms with E-state index >= 15 is 0 Å². The normalized spacial score (nSPS) is 21.6. The standard InChI is InChI=1S/C38H44N10O2/c1-46(23-26-24-47(45-44-26)20-18-40-36-27-9-2-4-12-30(27)41-31-13-5-3-10-28(31)36)22-25-16-17-39-34(21-25)43-38(50)42-32-14-8-11-29-35(32)33-15-6-7-19-48(33)37(29)49/h2,4,8-9,11-12,14,16-17,21,24,28,31,33,41H,3,5-7,10,13,15,18-20,22-23H2,1H3,(H2,39,42,43,50)/t28?,31?,33-/m0/s1. The molecule has 2 aromatic heterocycles. The second kappa shape index (κ2) is 14.0. The molecule has 258 valence electrons. The second-order valence-corrected chi connectivity index (χ2v) is 14.0. The van der Waals surface area contributed by atoms with Crippen LogP contribution in [0, 0.1) is 5.92 Å². The fourth-order valence-corrected chi connectivity index (χ4v) is 8.26. The van der Waals surface area contributed by atoms with E-state index in [-0.39, 0.29) is 18.0 Å². The van der Waals surface area contributed by atoms with E-state index in [4.69, 9.17) is 4.99 Å². The summed E-state index contributed by atoms with van der Waals surface area (Å²) in [5.74, 6) is 0.983. The predicted molar refractivity (Wildman–Crippen MR) is 193 cm³/mol. The van der Waals surface area contributed by atoms with Gasteiger partial charge < -0.3 is 15.5 Å². The number of urea groups is 1. The van der Waals surface area contributed by atoms with Crippen LogP contribution >= 0.6 is 0 Å². The van der Waals surface area contributed by atoms with Crippen LogP contribution in [0.25, 0.3) is 0 Å². The highest BCUT2D eigenvalue weighted by Gasteiger charge is 2.40. The third-order valence-corrected chi connectivity index (χ3v) is 10.5. The number of hydrogen-bond acceptors (Lipinski definition) is 8. The molecule has 8 rings (SSSR count). The van der Waals surface area contributed by atoms with Gasteiger partial charge in [0, 0.05) is 77.8 Å². The van der Waals surface area contributed by atoms with Crippen LogP contribution in [-0.2, 0) is 19.6 Å². The third-order valence-electron chi connectivity index (χ3n) is 10.5. The van der Waals surface area contributed by atoms with Gasteiger partial charge in [0.25, 0.3) is 5.91 Å². The van der Waals surface area contributed by atoms with E-state index in [1.54, 1.807) is 6.20 Å². The van der Waals surface area contributed by atoms with Gasteiger partial charge in [-0.2, -0.15) is 0 Å². The molecule has 3 atom stereocenters. The molecule has 2 aromatic carbocycles. The molecular formula is C38H44N10O2. The van der Waals surface area contributed by atoms with Gasteiger partial charge in [-0.05, 0) is 75.0 Å². The van der Waals surface area contributed by atoms with Crippen LogP contribution in [0.5, 0.6) is 0 Å². The molecule has 4 aliphatic rings. The number of benzene rings is 2. The van der Waals surface area contributed by atoms with E-state index in [0.29, 0.717) is 55.2 Å². The second-order valence-electron chi connectivity index (χ2n) is 14.0. The largest absolute Gasteiger partial charge is 0.381 e. The Morgan fingerprint density at radius 3 is 2.80 bits per heavy atom. The van der Waals surface area contributed by atoms with Crippen molar-refractivity contribution in [3.05, 3.63) is 94.9 Å². The number of para-hydroxylation sites is 1. The number of carbonyl (C=O) groups is 2. The Labute approximate surface area is 292 Å². The maximum absolute atomic E-state index is 13.1. The smallest absolute Gasteiger partial charge is 0.324 e. The molecule has 4 aromatic rings. The average molecular weight is 673 g/mol. The zero-order valence-corrected chi connectivity index (χ0v) is 28.5.